The number of carbonyl (C=O) groups excluding carboxylic acids is 1. The van der Waals surface area contributed by atoms with Crippen LogP contribution in [0.2, 0.25) is 0 Å². The highest BCUT2D eigenvalue weighted by Crippen LogP contribution is 2.50. The molecule has 0 aromatic heterocycles. The number of methoxy groups -OCH3 is 1. The van der Waals surface area contributed by atoms with E-state index in [9.17, 15) is 4.79 Å². The number of hydrogen-bond donors (Lipinski definition) is 2. The molecule has 1 aliphatic heterocycles. The Balaban J connectivity index is 1.24. The third kappa shape index (κ3) is 10.6. The second kappa shape index (κ2) is 17.7. The summed E-state index contributed by atoms with van der Waals surface area (Å²) in [5.74, 6) is 0.164. The Morgan fingerprint density at radius 2 is 1.62 bits per heavy atom. The Hall–Kier alpha value is -3.31. The van der Waals surface area contributed by atoms with Gasteiger partial charge < -0.3 is 19.1 Å². The highest BCUT2D eigenvalue weighted by Gasteiger charge is 2.45. The van der Waals surface area contributed by atoms with Crippen molar-refractivity contribution < 1.29 is 34.3 Å². The fraction of sp³-hybridized carbons (Fsp3) is 0.500. The number of benzene rings is 3. The minimum Gasteiger partial charge on any atom is -0.449 e. The van der Waals surface area contributed by atoms with Gasteiger partial charge in [0.1, 0.15) is 0 Å². The quantitative estimate of drug-likeness (QED) is 0.109. The number of likely N-dealkylation sites (tertiary alicyclic amines) is 1. The zero-order valence-electron chi connectivity index (χ0n) is 27.6. The highest BCUT2D eigenvalue weighted by atomic mass is 17.1. The standard InChI is InChI=1S/C38H50N2O7/c1-44-23-11-18-31-14-6-7-15-34(31)27-38(20-21-38)29-46-36-28-39(37(41)45-24-8-3-9-25-47-40(42)43)22-19-35(36)33-17-10-16-32(26-33)30-12-4-2-5-13-30/h2,4-7,10,12-17,26,35-36,42-43H,3,8-9,11,18-25,27-29H2,1H3/t35-,36+/m1/s1. The first-order valence-corrected chi connectivity index (χ1v) is 17.0. The molecule has 1 amide bonds. The number of unbranched alkanes of at least 4 members (excludes halogenated alkanes) is 2. The normalized spacial score (nSPS) is 18.8. The van der Waals surface area contributed by atoms with Crippen LogP contribution in [0.3, 0.4) is 0 Å². The van der Waals surface area contributed by atoms with Crippen molar-refractivity contribution in [3.05, 3.63) is 95.6 Å². The predicted octanol–water partition coefficient (Wildman–Crippen LogP) is 7.45. The molecule has 3 aromatic rings. The minimum atomic E-state index is -0.311. The lowest BCUT2D eigenvalue weighted by molar-refractivity contribution is -0.492. The van der Waals surface area contributed by atoms with Gasteiger partial charge in [-0.1, -0.05) is 78.9 Å². The second-order valence-electron chi connectivity index (χ2n) is 13.0. The minimum absolute atomic E-state index is 0.128. The average Bonchev–Trinajstić information content (AvgIpc) is 3.87. The average molecular weight is 647 g/mol. The van der Waals surface area contributed by atoms with Gasteiger partial charge in [0.05, 0.1) is 37.9 Å². The molecule has 2 atom stereocenters. The SMILES string of the molecule is COCCCc1ccccc1CC1(CO[C@H]2CN(C(=O)OCCCCCON(O)O)CC[C@@H]2c2cccc(-c3ccccc3)c2)CC1. The van der Waals surface area contributed by atoms with Crippen LogP contribution < -0.4 is 0 Å². The van der Waals surface area contributed by atoms with Crippen LogP contribution in [0.1, 0.15) is 67.6 Å². The first kappa shape index (κ1) is 35.0. The Kier molecular flexibility index (Phi) is 13.2. The van der Waals surface area contributed by atoms with Crippen LogP contribution in [0.25, 0.3) is 11.1 Å². The number of piperidine rings is 1. The van der Waals surface area contributed by atoms with Crippen molar-refractivity contribution in [3.63, 3.8) is 0 Å². The number of hydrogen-bond acceptors (Lipinski definition) is 8. The summed E-state index contributed by atoms with van der Waals surface area (Å²) in [6.45, 7) is 3.01. The molecule has 0 bridgehead atoms. The molecule has 1 aliphatic carbocycles. The van der Waals surface area contributed by atoms with Gasteiger partial charge in [-0.3, -0.25) is 15.3 Å². The number of aryl methyl sites for hydroxylation is 1. The van der Waals surface area contributed by atoms with E-state index in [4.69, 9.17) is 24.6 Å². The molecule has 1 heterocycles. The molecule has 47 heavy (non-hydrogen) atoms. The van der Waals surface area contributed by atoms with Gasteiger partial charge in [0.15, 0.2) is 0 Å². The lowest BCUT2D eigenvalue weighted by Gasteiger charge is -2.39. The molecule has 3 aromatic carbocycles. The zero-order chi connectivity index (χ0) is 32.9. The van der Waals surface area contributed by atoms with Crippen LogP contribution in [-0.2, 0) is 31.9 Å². The molecule has 9 heteroatoms. The number of amides is 1. The summed E-state index contributed by atoms with van der Waals surface area (Å²) < 4.78 is 17.8. The molecule has 2 N–H and O–H groups in total. The molecule has 254 valence electrons. The lowest BCUT2D eigenvalue weighted by atomic mass is 9.85. The first-order chi connectivity index (χ1) is 23.0. The maximum atomic E-state index is 13.1. The molecule has 0 unspecified atom stereocenters. The van der Waals surface area contributed by atoms with Gasteiger partial charge in [-0.15, -0.1) is 0 Å². The van der Waals surface area contributed by atoms with E-state index in [0.29, 0.717) is 39.1 Å². The fourth-order valence-electron chi connectivity index (χ4n) is 6.61. The van der Waals surface area contributed by atoms with Crippen LogP contribution >= 0.6 is 0 Å². The van der Waals surface area contributed by atoms with Gasteiger partial charge in [-0.05, 0) is 91.0 Å². The van der Waals surface area contributed by atoms with Crippen molar-refractivity contribution in [1.29, 1.82) is 0 Å². The lowest BCUT2D eigenvalue weighted by Crippen LogP contribution is -2.47. The van der Waals surface area contributed by atoms with Crippen molar-refractivity contribution in [2.24, 2.45) is 5.41 Å². The molecule has 2 fully saturated rings. The maximum Gasteiger partial charge on any atom is 0.409 e. The van der Waals surface area contributed by atoms with Gasteiger partial charge >= 0.3 is 6.09 Å². The summed E-state index contributed by atoms with van der Waals surface area (Å²) in [5, 5.41) is 17.0. The van der Waals surface area contributed by atoms with Crippen LogP contribution in [-0.4, -0.2) is 79.5 Å². The van der Waals surface area contributed by atoms with Crippen molar-refractivity contribution in [3.8, 4) is 11.1 Å². The topological polar surface area (TPSA) is 101 Å². The van der Waals surface area contributed by atoms with E-state index in [0.717, 1.165) is 51.6 Å². The van der Waals surface area contributed by atoms with Gasteiger partial charge in [-0.25, -0.2) is 4.79 Å². The molecular weight excluding hydrogens is 596 g/mol. The summed E-state index contributed by atoms with van der Waals surface area (Å²) in [6, 6.07) is 28.0. The molecule has 5 rings (SSSR count). The van der Waals surface area contributed by atoms with Gasteiger partial charge in [0.2, 0.25) is 0 Å². The summed E-state index contributed by atoms with van der Waals surface area (Å²) in [6.07, 6.45) is 7.69. The van der Waals surface area contributed by atoms with Crippen molar-refractivity contribution >= 4 is 6.09 Å². The van der Waals surface area contributed by atoms with Gasteiger partial charge in [-0.2, -0.15) is 0 Å². The number of rotatable bonds is 18. The molecule has 1 saturated heterocycles. The number of nitrogens with zero attached hydrogens (tertiary/aromatic N) is 2. The van der Waals surface area contributed by atoms with E-state index in [1.165, 1.54) is 27.8 Å². The maximum absolute atomic E-state index is 13.1. The van der Waals surface area contributed by atoms with E-state index in [1.807, 2.05) is 6.07 Å². The van der Waals surface area contributed by atoms with E-state index >= 15 is 0 Å². The van der Waals surface area contributed by atoms with Crippen LogP contribution in [0.4, 0.5) is 4.79 Å². The molecular formula is C38H50N2O7. The van der Waals surface area contributed by atoms with E-state index in [2.05, 4.69) is 77.6 Å². The Labute approximate surface area is 278 Å². The van der Waals surface area contributed by atoms with Gasteiger partial charge in [0.25, 0.3) is 0 Å². The van der Waals surface area contributed by atoms with Crippen molar-refractivity contribution in [2.45, 2.75) is 69.8 Å². The third-order valence-electron chi connectivity index (χ3n) is 9.50. The number of carbonyl (C=O) groups is 1. The summed E-state index contributed by atoms with van der Waals surface area (Å²) in [7, 11) is 1.75. The molecule has 9 nitrogen and oxygen atoms in total. The smallest absolute Gasteiger partial charge is 0.409 e. The summed E-state index contributed by atoms with van der Waals surface area (Å²) in [5.41, 5.74) is 6.54. The third-order valence-corrected chi connectivity index (χ3v) is 9.50. The Morgan fingerprint density at radius 3 is 2.38 bits per heavy atom. The number of ether oxygens (including phenoxy) is 3. The molecule has 2 aliphatic rings. The van der Waals surface area contributed by atoms with E-state index in [1.54, 1.807) is 12.0 Å². The van der Waals surface area contributed by atoms with Crippen LogP contribution in [0.5, 0.6) is 0 Å². The Bertz CT molecular complexity index is 1380. The first-order valence-electron chi connectivity index (χ1n) is 17.0. The van der Waals surface area contributed by atoms with E-state index in [-0.39, 0.29) is 35.5 Å². The summed E-state index contributed by atoms with van der Waals surface area (Å²) >= 11 is 0. The summed E-state index contributed by atoms with van der Waals surface area (Å²) in [4.78, 5) is 19.5. The van der Waals surface area contributed by atoms with E-state index < -0.39 is 0 Å². The fourth-order valence-corrected chi connectivity index (χ4v) is 6.61. The molecule has 0 radical (unpaired) electrons. The zero-order valence-corrected chi connectivity index (χ0v) is 27.6. The molecule has 1 saturated carbocycles. The van der Waals surface area contributed by atoms with Crippen LogP contribution in [0.15, 0.2) is 78.9 Å². The largest absolute Gasteiger partial charge is 0.449 e. The van der Waals surface area contributed by atoms with Crippen molar-refractivity contribution in [1.82, 2.24) is 10.3 Å². The molecule has 0 spiro atoms. The Morgan fingerprint density at radius 1 is 0.872 bits per heavy atom. The predicted molar refractivity (Wildman–Crippen MR) is 179 cm³/mol. The monoisotopic (exact) mass is 646 g/mol. The van der Waals surface area contributed by atoms with Gasteiger partial charge in [0, 0.05) is 26.2 Å². The second-order valence-corrected chi connectivity index (χ2v) is 13.0. The van der Waals surface area contributed by atoms with Crippen molar-refractivity contribution in [2.75, 3.05) is 46.6 Å². The van der Waals surface area contributed by atoms with Crippen LogP contribution in [0, 0.1) is 5.41 Å². The highest BCUT2D eigenvalue weighted by molar-refractivity contribution is 5.68.